The smallest absolute Gasteiger partial charge is 0.240 e. The van der Waals surface area contributed by atoms with Crippen molar-refractivity contribution in [2.45, 2.75) is 31.3 Å². The summed E-state index contributed by atoms with van der Waals surface area (Å²) in [7, 11) is -3.37. The molecule has 0 saturated carbocycles. The lowest BCUT2D eigenvalue weighted by molar-refractivity contribution is 0.282. The van der Waals surface area contributed by atoms with E-state index in [-0.39, 0.29) is 12.6 Å². The number of aryl methyl sites for hydroxylation is 1. The van der Waals surface area contributed by atoms with Crippen molar-refractivity contribution in [3.63, 3.8) is 0 Å². The summed E-state index contributed by atoms with van der Waals surface area (Å²) in [6.07, 6.45) is 2.44. The lowest BCUT2D eigenvalue weighted by atomic mass is 9.98. The van der Waals surface area contributed by atoms with Crippen molar-refractivity contribution < 1.29 is 13.5 Å². The highest BCUT2D eigenvalue weighted by Crippen LogP contribution is 2.27. The molecule has 2 heterocycles. The van der Waals surface area contributed by atoms with Crippen LogP contribution in [0.5, 0.6) is 0 Å². The summed E-state index contributed by atoms with van der Waals surface area (Å²) >= 11 is 3.29. The van der Waals surface area contributed by atoms with E-state index in [1.54, 1.807) is 24.3 Å². The summed E-state index contributed by atoms with van der Waals surface area (Å²) in [5.41, 5.74) is 11.0. The minimum atomic E-state index is -3.37. The average Bonchev–Trinajstić information content (AvgIpc) is 3.42. The number of hydrogen-bond donors (Lipinski definition) is 3. The third-order valence-corrected chi connectivity index (χ3v) is 8.29. The molecule has 0 radical (unpaired) electrons. The molecule has 0 atom stereocenters. The molecule has 1 aliphatic rings. The maximum atomic E-state index is 12.0. The number of aliphatic hydroxyl groups excluding tert-OH is 1. The summed E-state index contributed by atoms with van der Waals surface area (Å²) in [5.74, 6) is 0.173. The second-order valence-electron chi connectivity index (χ2n) is 9.08. The predicted molar refractivity (Wildman–Crippen MR) is 153 cm³/mol. The van der Waals surface area contributed by atoms with Crippen molar-refractivity contribution in [1.29, 1.82) is 0 Å². The molecule has 0 spiro atoms. The van der Waals surface area contributed by atoms with Crippen LogP contribution in [0, 0.1) is 6.92 Å². The first-order chi connectivity index (χ1) is 18.2. The Balaban J connectivity index is 0.000000178. The van der Waals surface area contributed by atoms with E-state index >= 15 is 0 Å². The Morgan fingerprint density at radius 2 is 1.76 bits per heavy atom. The molecule has 38 heavy (non-hydrogen) atoms. The van der Waals surface area contributed by atoms with Crippen LogP contribution in [0.1, 0.15) is 24.0 Å². The van der Waals surface area contributed by atoms with Crippen LogP contribution in [0.4, 0.5) is 5.95 Å². The Labute approximate surface area is 231 Å². The van der Waals surface area contributed by atoms with Gasteiger partial charge in [0.25, 0.3) is 0 Å². The minimum absolute atomic E-state index is 0.0262. The van der Waals surface area contributed by atoms with Gasteiger partial charge in [0.05, 0.1) is 17.0 Å². The number of aliphatic hydroxyl groups is 1. The Morgan fingerprint density at radius 3 is 2.47 bits per heavy atom. The van der Waals surface area contributed by atoms with Gasteiger partial charge in [0, 0.05) is 17.6 Å². The van der Waals surface area contributed by atoms with Crippen LogP contribution in [-0.2, 0) is 16.6 Å². The zero-order valence-electron chi connectivity index (χ0n) is 21.1. The Bertz CT molecular complexity index is 1490. The first-order valence-electron chi connectivity index (χ1n) is 12.3. The number of anilines is 1. The topological polar surface area (TPSA) is 134 Å². The summed E-state index contributed by atoms with van der Waals surface area (Å²) in [6, 6.07) is 18.3. The van der Waals surface area contributed by atoms with Crippen LogP contribution in [0.3, 0.4) is 0 Å². The SMILES string of the molecule is Cc1cc2nc(N)nnc2cc1-c1cccc(CO)c1.O=S(=O)(NCCN1CCCC1)c1ccc(Br)cc1. The van der Waals surface area contributed by atoms with E-state index in [1.165, 1.54) is 12.8 Å². The van der Waals surface area contributed by atoms with Crippen LogP contribution in [0.15, 0.2) is 70.0 Å². The van der Waals surface area contributed by atoms with Gasteiger partial charge in [-0.2, -0.15) is 0 Å². The molecule has 11 heteroatoms. The van der Waals surface area contributed by atoms with E-state index in [2.05, 4.69) is 40.7 Å². The van der Waals surface area contributed by atoms with E-state index < -0.39 is 10.0 Å². The van der Waals surface area contributed by atoms with Crippen LogP contribution in [0.25, 0.3) is 22.2 Å². The van der Waals surface area contributed by atoms with Gasteiger partial charge in [0.2, 0.25) is 16.0 Å². The molecule has 0 aliphatic carbocycles. The third kappa shape index (κ3) is 7.33. The molecular formula is C27H31BrN6O3S. The van der Waals surface area contributed by atoms with E-state index in [0.717, 1.165) is 51.9 Å². The molecule has 0 amide bonds. The highest BCUT2D eigenvalue weighted by Gasteiger charge is 2.15. The van der Waals surface area contributed by atoms with Gasteiger partial charge in [-0.3, -0.25) is 0 Å². The molecule has 0 bridgehead atoms. The molecule has 4 aromatic rings. The van der Waals surface area contributed by atoms with Gasteiger partial charge in [-0.25, -0.2) is 18.1 Å². The fourth-order valence-electron chi connectivity index (χ4n) is 4.29. The zero-order valence-corrected chi connectivity index (χ0v) is 23.5. The number of nitrogens with one attached hydrogen (secondary N) is 1. The number of sulfonamides is 1. The van der Waals surface area contributed by atoms with E-state index in [1.807, 2.05) is 43.3 Å². The number of hydrogen-bond acceptors (Lipinski definition) is 8. The van der Waals surface area contributed by atoms with Gasteiger partial charge >= 0.3 is 0 Å². The molecule has 3 aromatic carbocycles. The number of aromatic nitrogens is 3. The van der Waals surface area contributed by atoms with Gasteiger partial charge in [-0.15, -0.1) is 10.2 Å². The molecular weight excluding hydrogens is 568 g/mol. The van der Waals surface area contributed by atoms with Crippen molar-refractivity contribution in [2.75, 3.05) is 31.9 Å². The monoisotopic (exact) mass is 598 g/mol. The van der Waals surface area contributed by atoms with Crippen LogP contribution in [-0.4, -0.2) is 59.8 Å². The fourth-order valence-corrected chi connectivity index (χ4v) is 5.58. The second kappa shape index (κ2) is 12.7. The molecule has 0 unspecified atom stereocenters. The molecule has 5 rings (SSSR count). The lowest BCUT2D eigenvalue weighted by Crippen LogP contribution is -2.33. The average molecular weight is 600 g/mol. The minimum Gasteiger partial charge on any atom is -0.392 e. The fraction of sp³-hybridized carbons (Fsp3) is 0.296. The highest BCUT2D eigenvalue weighted by molar-refractivity contribution is 9.10. The van der Waals surface area contributed by atoms with Crippen molar-refractivity contribution >= 4 is 42.9 Å². The van der Waals surface area contributed by atoms with Crippen LogP contribution < -0.4 is 10.5 Å². The van der Waals surface area contributed by atoms with E-state index in [4.69, 9.17) is 5.73 Å². The first-order valence-corrected chi connectivity index (χ1v) is 14.6. The second-order valence-corrected chi connectivity index (χ2v) is 11.8. The summed E-state index contributed by atoms with van der Waals surface area (Å²) in [5, 5.41) is 17.1. The first kappa shape index (κ1) is 28.1. The maximum Gasteiger partial charge on any atom is 0.240 e. The van der Waals surface area contributed by atoms with Gasteiger partial charge in [-0.1, -0.05) is 34.1 Å². The number of likely N-dealkylation sites (tertiary alicyclic amines) is 1. The standard InChI is InChI=1S/C15H14N4O.C12H17BrN2O2S/c1-9-5-13-14(18-19-15(16)17-13)7-12(9)11-4-2-3-10(6-11)8-20;13-11-3-5-12(6-4-11)18(16,17)14-7-10-15-8-1-2-9-15/h2-7,20H,8H2,1H3,(H2,16,17,19);3-6,14H,1-2,7-10H2. The summed E-state index contributed by atoms with van der Waals surface area (Å²) in [6.45, 7) is 5.46. The number of halogens is 1. The Hall–Kier alpha value is -2.96. The number of nitrogens with two attached hydrogens (primary N) is 1. The number of benzene rings is 3. The van der Waals surface area contributed by atoms with Gasteiger partial charge in [-0.05, 0) is 97.6 Å². The van der Waals surface area contributed by atoms with Gasteiger partial charge in [0.1, 0.15) is 5.52 Å². The molecule has 9 nitrogen and oxygen atoms in total. The van der Waals surface area contributed by atoms with E-state index in [9.17, 15) is 13.5 Å². The number of nitrogens with zero attached hydrogens (tertiary/aromatic N) is 4. The van der Waals surface area contributed by atoms with Gasteiger partial charge in [0.15, 0.2) is 0 Å². The van der Waals surface area contributed by atoms with Crippen LogP contribution in [0.2, 0.25) is 0 Å². The molecule has 1 aliphatic heterocycles. The van der Waals surface area contributed by atoms with Crippen molar-refractivity contribution in [2.24, 2.45) is 0 Å². The highest BCUT2D eigenvalue weighted by atomic mass is 79.9. The number of fused-ring (bicyclic) bond motifs is 1. The van der Waals surface area contributed by atoms with Gasteiger partial charge < -0.3 is 15.7 Å². The summed E-state index contributed by atoms with van der Waals surface area (Å²) in [4.78, 5) is 6.76. The quantitative estimate of drug-likeness (QED) is 0.291. The van der Waals surface area contributed by atoms with Crippen molar-refractivity contribution in [1.82, 2.24) is 24.8 Å². The molecule has 1 fully saturated rings. The maximum absolute atomic E-state index is 12.0. The number of rotatable bonds is 7. The largest absolute Gasteiger partial charge is 0.392 e. The van der Waals surface area contributed by atoms with Crippen molar-refractivity contribution in [3.8, 4) is 11.1 Å². The Morgan fingerprint density at radius 1 is 1.03 bits per heavy atom. The molecule has 4 N–H and O–H groups in total. The predicted octanol–water partition coefficient (Wildman–Crippen LogP) is 3.90. The van der Waals surface area contributed by atoms with E-state index in [0.29, 0.717) is 17.0 Å². The Kier molecular flexibility index (Phi) is 9.40. The summed E-state index contributed by atoms with van der Waals surface area (Å²) < 4.78 is 27.5. The molecule has 1 aromatic heterocycles. The lowest BCUT2D eigenvalue weighted by Gasteiger charge is -2.14. The third-order valence-electron chi connectivity index (χ3n) is 6.28. The zero-order chi connectivity index (χ0) is 27.1. The molecule has 1 saturated heterocycles. The van der Waals surface area contributed by atoms with Crippen LogP contribution >= 0.6 is 15.9 Å². The number of nitrogen functional groups attached to an aromatic ring is 1. The van der Waals surface area contributed by atoms with Crippen molar-refractivity contribution in [3.05, 3.63) is 76.3 Å². The molecule has 200 valence electrons. The normalized spacial score (nSPS) is 13.9.